The van der Waals surface area contributed by atoms with E-state index in [0.29, 0.717) is 12.4 Å². The highest BCUT2D eigenvalue weighted by molar-refractivity contribution is 5.21. The Labute approximate surface area is 71.5 Å². The first kappa shape index (κ1) is 8.78. The summed E-state index contributed by atoms with van der Waals surface area (Å²) in [7, 11) is 0. The van der Waals surface area contributed by atoms with Gasteiger partial charge in [0.25, 0.3) is 0 Å². The van der Waals surface area contributed by atoms with Crippen LogP contribution in [0.5, 0.6) is 5.75 Å². The number of hydrogen-bond donors (Lipinski definition) is 0. The van der Waals surface area contributed by atoms with Crippen molar-refractivity contribution in [2.45, 2.75) is 6.92 Å². The summed E-state index contributed by atoms with van der Waals surface area (Å²) in [5.74, 6) is 0.136. The smallest absolute Gasteiger partial charge is 0.134 e. The first-order valence-corrected chi connectivity index (χ1v) is 3.74. The summed E-state index contributed by atoms with van der Waals surface area (Å²) in [4.78, 5) is 0. The monoisotopic (exact) mass is 165 g/mol. The molecule has 0 aliphatic heterocycles. The summed E-state index contributed by atoms with van der Waals surface area (Å²) in [6.07, 6.45) is 3.74. The van der Waals surface area contributed by atoms with Gasteiger partial charge in [-0.1, -0.05) is 12.2 Å². The summed E-state index contributed by atoms with van der Waals surface area (Å²) in [6.45, 7) is 2.38. The van der Waals surface area contributed by atoms with Gasteiger partial charge in [0.15, 0.2) is 0 Å². The van der Waals surface area contributed by atoms with E-state index in [0.717, 1.165) is 0 Å². The highest BCUT2D eigenvalue weighted by Gasteiger charge is 1.93. The molecule has 0 unspecified atom stereocenters. The van der Waals surface area contributed by atoms with Crippen LogP contribution >= 0.6 is 0 Å². The Morgan fingerprint density at radius 1 is 1.67 bits per heavy atom. The third-order valence-corrected chi connectivity index (χ3v) is 1.32. The molecule has 0 bridgehead atoms. The SMILES string of the molecule is CC=CCOc1cc[c]c(F)c1. The maximum absolute atomic E-state index is 12.5. The molecule has 0 aromatic heterocycles. The van der Waals surface area contributed by atoms with Crippen LogP contribution in [0.1, 0.15) is 6.92 Å². The average molecular weight is 165 g/mol. The lowest BCUT2D eigenvalue weighted by molar-refractivity contribution is 0.360. The summed E-state index contributed by atoms with van der Waals surface area (Å²) < 4.78 is 17.7. The molecular formula is C10H10FO. The van der Waals surface area contributed by atoms with Crippen LogP contribution in [0.2, 0.25) is 0 Å². The number of allylic oxidation sites excluding steroid dienone is 1. The van der Waals surface area contributed by atoms with Crippen LogP contribution in [0.3, 0.4) is 0 Å². The van der Waals surface area contributed by atoms with E-state index in [-0.39, 0.29) is 0 Å². The molecule has 63 valence electrons. The normalized spacial score (nSPS) is 10.5. The van der Waals surface area contributed by atoms with Gasteiger partial charge < -0.3 is 4.74 Å². The lowest BCUT2D eigenvalue weighted by Gasteiger charge is -2.01. The van der Waals surface area contributed by atoms with Crippen LogP contribution in [0, 0.1) is 11.9 Å². The number of rotatable bonds is 3. The molecule has 0 saturated carbocycles. The van der Waals surface area contributed by atoms with E-state index in [1.165, 1.54) is 12.1 Å². The quantitative estimate of drug-likeness (QED) is 0.625. The zero-order valence-electron chi connectivity index (χ0n) is 6.88. The number of hydrogen-bond acceptors (Lipinski definition) is 1. The molecule has 0 aliphatic rings. The van der Waals surface area contributed by atoms with Gasteiger partial charge in [0, 0.05) is 12.1 Å². The summed E-state index contributed by atoms with van der Waals surface area (Å²) in [5.41, 5.74) is 0. The van der Waals surface area contributed by atoms with Crippen molar-refractivity contribution in [3.8, 4) is 5.75 Å². The molecule has 2 heteroatoms. The lowest BCUT2D eigenvalue weighted by Crippen LogP contribution is -1.93. The Hall–Kier alpha value is -1.31. The van der Waals surface area contributed by atoms with Crippen molar-refractivity contribution in [3.63, 3.8) is 0 Å². The van der Waals surface area contributed by atoms with Gasteiger partial charge in [-0.2, -0.15) is 0 Å². The second-order valence-corrected chi connectivity index (χ2v) is 2.25. The number of ether oxygens (including phenoxy) is 1. The summed E-state index contributed by atoms with van der Waals surface area (Å²) in [5, 5.41) is 0. The van der Waals surface area contributed by atoms with Crippen LogP contribution in [0.25, 0.3) is 0 Å². The highest BCUT2D eigenvalue weighted by atomic mass is 19.1. The van der Waals surface area contributed by atoms with Crippen molar-refractivity contribution in [2.24, 2.45) is 0 Å². The van der Waals surface area contributed by atoms with Gasteiger partial charge in [-0.25, -0.2) is 4.39 Å². The molecular weight excluding hydrogens is 155 g/mol. The van der Waals surface area contributed by atoms with Crippen molar-refractivity contribution in [1.82, 2.24) is 0 Å². The van der Waals surface area contributed by atoms with E-state index in [4.69, 9.17) is 4.74 Å². The van der Waals surface area contributed by atoms with Crippen LogP contribution < -0.4 is 4.74 Å². The fourth-order valence-electron chi connectivity index (χ4n) is 0.748. The molecule has 0 heterocycles. The van der Waals surface area contributed by atoms with Crippen LogP contribution in [-0.4, -0.2) is 6.61 Å². The molecule has 0 fully saturated rings. The summed E-state index contributed by atoms with van der Waals surface area (Å²) in [6, 6.07) is 6.88. The van der Waals surface area contributed by atoms with Crippen molar-refractivity contribution >= 4 is 0 Å². The highest BCUT2D eigenvalue weighted by Crippen LogP contribution is 2.10. The minimum Gasteiger partial charge on any atom is -0.489 e. The summed E-state index contributed by atoms with van der Waals surface area (Å²) >= 11 is 0. The molecule has 1 aromatic carbocycles. The van der Waals surface area contributed by atoms with Gasteiger partial charge in [-0.3, -0.25) is 0 Å². The molecule has 12 heavy (non-hydrogen) atoms. The lowest BCUT2D eigenvalue weighted by atomic mass is 10.3. The Kier molecular flexibility index (Phi) is 3.33. The van der Waals surface area contributed by atoms with E-state index in [1.807, 2.05) is 19.1 Å². The Morgan fingerprint density at radius 3 is 3.17 bits per heavy atom. The molecule has 0 aliphatic carbocycles. The molecule has 1 nitrogen and oxygen atoms in total. The largest absolute Gasteiger partial charge is 0.489 e. The molecule has 0 atom stereocenters. The topological polar surface area (TPSA) is 9.23 Å². The van der Waals surface area contributed by atoms with E-state index < -0.39 is 5.82 Å². The third kappa shape index (κ3) is 2.74. The molecule has 0 N–H and O–H groups in total. The minimum absolute atomic E-state index is 0.395. The number of halogens is 1. The fourth-order valence-corrected chi connectivity index (χ4v) is 0.748. The minimum atomic E-state index is -0.395. The standard InChI is InChI=1S/C10H10FO/c1-2-3-7-12-10-6-4-5-9(11)8-10/h2-4,6,8H,7H2,1H3. The second-order valence-electron chi connectivity index (χ2n) is 2.25. The molecule has 1 radical (unpaired) electrons. The van der Waals surface area contributed by atoms with Gasteiger partial charge in [0.05, 0.1) is 0 Å². The van der Waals surface area contributed by atoms with Gasteiger partial charge in [-0.05, 0) is 19.1 Å². The Bertz CT molecular complexity index is 268. The van der Waals surface area contributed by atoms with Crippen LogP contribution in [0.4, 0.5) is 4.39 Å². The van der Waals surface area contributed by atoms with Crippen molar-refractivity contribution < 1.29 is 9.13 Å². The maximum Gasteiger partial charge on any atom is 0.134 e. The van der Waals surface area contributed by atoms with E-state index in [1.54, 1.807) is 6.07 Å². The van der Waals surface area contributed by atoms with E-state index >= 15 is 0 Å². The molecule has 0 saturated heterocycles. The predicted octanol–water partition coefficient (Wildman–Crippen LogP) is 2.58. The Balaban J connectivity index is 2.52. The maximum atomic E-state index is 12.5. The van der Waals surface area contributed by atoms with Gasteiger partial charge in [-0.15, -0.1) is 0 Å². The van der Waals surface area contributed by atoms with Crippen molar-refractivity contribution in [2.75, 3.05) is 6.61 Å². The molecule has 1 rings (SSSR count). The van der Waals surface area contributed by atoms with E-state index in [2.05, 4.69) is 6.07 Å². The second kappa shape index (κ2) is 4.54. The predicted molar refractivity (Wildman–Crippen MR) is 45.5 cm³/mol. The Morgan fingerprint density at radius 2 is 2.50 bits per heavy atom. The average Bonchev–Trinajstić information content (AvgIpc) is 2.05. The zero-order valence-corrected chi connectivity index (χ0v) is 6.88. The first-order chi connectivity index (χ1) is 5.83. The fraction of sp³-hybridized carbons (Fsp3) is 0.200. The molecule has 1 aromatic rings. The third-order valence-electron chi connectivity index (χ3n) is 1.32. The van der Waals surface area contributed by atoms with E-state index in [9.17, 15) is 4.39 Å². The van der Waals surface area contributed by atoms with Crippen molar-refractivity contribution in [3.05, 3.63) is 42.2 Å². The van der Waals surface area contributed by atoms with Gasteiger partial charge in [0.2, 0.25) is 0 Å². The van der Waals surface area contributed by atoms with Crippen molar-refractivity contribution in [1.29, 1.82) is 0 Å². The zero-order chi connectivity index (χ0) is 8.81. The molecule has 0 amide bonds. The first-order valence-electron chi connectivity index (χ1n) is 3.74. The van der Waals surface area contributed by atoms with Gasteiger partial charge in [0.1, 0.15) is 18.2 Å². The van der Waals surface area contributed by atoms with Gasteiger partial charge >= 0.3 is 0 Å². The molecule has 0 spiro atoms. The van der Waals surface area contributed by atoms with Crippen LogP contribution in [-0.2, 0) is 0 Å². The number of benzene rings is 1. The van der Waals surface area contributed by atoms with Crippen LogP contribution in [0.15, 0.2) is 30.4 Å².